The van der Waals surface area contributed by atoms with Crippen LogP contribution in [-0.2, 0) is 0 Å². The molecule has 18 heavy (non-hydrogen) atoms. The molecule has 3 N–H and O–H groups in total. The number of nitrogens with one attached hydrogen (secondary N) is 1. The number of rotatable bonds is 5. The molecular formula is C11H15N3O4. The van der Waals surface area contributed by atoms with E-state index >= 15 is 0 Å². The SMILES string of the molecule is COc1cc([N+](=O)[O-])ccc1C(=O)NCC(C)N. The van der Waals surface area contributed by atoms with Gasteiger partial charge in [0.1, 0.15) is 5.75 Å². The molecule has 0 bridgehead atoms. The number of non-ortho nitro benzene ring substituents is 1. The van der Waals surface area contributed by atoms with Gasteiger partial charge >= 0.3 is 0 Å². The standard InChI is InChI=1S/C11H15N3O4/c1-7(12)6-13-11(15)9-4-3-8(14(16)17)5-10(9)18-2/h3-5,7H,6,12H2,1-2H3,(H,13,15). The van der Waals surface area contributed by atoms with E-state index in [1.165, 1.54) is 25.3 Å². The molecule has 0 saturated heterocycles. The van der Waals surface area contributed by atoms with Crippen molar-refractivity contribution in [2.75, 3.05) is 13.7 Å². The van der Waals surface area contributed by atoms with Gasteiger partial charge in [0.2, 0.25) is 0 Å². The Bertz CT molecular complexity index is 460. The lowest BCUT2D eigenvalue weighted by atomic mass is 10.1. The first kappa shape index (κ1) is 13.9. The summed E-state index contributed by atoms with van der Waals surface area (Å²) in [5.74, 6) is -0.217. The summed E-state index contributed by atoms with van der Waals surface area (Å²) in [6.45, 7) is 2.08. The van der Waals surface area contributed by atoms with Crippen LogP contribution in [0.4, 0.5) is 5.69 Å². The molecule has 0 aliphatic rings. The Labute approximate surface area is 104 Å². The molecule has 1 unspecified atom stereocenters. The molecule has 1 aromatic rings. The van der Waals surface area contributed by atoms with Gasteiger partial charge in [-0.3, -0.25) is 14.9 Å². The summed E-state index contributed by atoms with van der Waals surface area (Å²) in [6.07, 6.45) is 0. The van der Waals surface area contributed by atoms with Gasteiger partial charge in [-0.05, 0) is 13.0 Å². The summed E-state index contributed by atoms with van der Waals surface area (Å²) in [7, 11) is 1.35. The van der Waals surface area contributed by atoms with E-state index in [-0.39, 0.29) is 28.9 Å². The number of hydrogen-bond donors (Lipinski definition) is 2. The zero-order valence-electron chi connectivity index (χ0n) is 10.2. The summed E-state index contributed by atoms with van der Waals surface area (Å²) in [4.78, 5) is 21.8. The number of nitrogens with two attached hydrogens (primary N) is 1. The molecule has 0 heterocycles. The molecule has 1 rings (SSSR count). The van der Waals surface area contributed by atoms with Crippen LogP contribution >= 0.6 is 0 Å². The Hall–Kier alpha value is -2.15. The van der Waals surface area contributed by atoms with Gasteiger partial charge in [-0.25, -0.2) is 0 Å². The van der Waals surface area contributed by atoms with Gasteiger partial charge in [0, 0.05) is 18.7 Å². The predicted octanol–water partition coefficient (Wildman–Crippen LogP) is 0.680. The third kappa shape index (κ3) is 3.42. The smallest absolute Gasteiger partial charge is 0.273 e. The van der Waals surface area contributed by atoms with Crippen molar-refractivity contribution in [1.82, 2.24) is 5.32 Å². The fourth-order valence-electron chi connectivity index (χ4n) is 1.33. The van der Waals surface area contributed by atoms with Gasteiger partial charge in [-0.2, -0.15) is 0 Å². The first-order valence-corrected chi connectivity index (χ1v) is 5.32. The zero-order valence-corrected chi connectivity index (χ0v) is 10.2. The molecule has 1 aromatic carbocycles. The minimum atomic E-state index is -0.549. The fraction of sp³-hybridized carbons (Fsp3) is 0.364. The lowest BCUT2D eigenvalue weighted by Crippen LogP contribution is -2.35. The van der Waals surface area contributed by atoms with Crippen molar-refractivity contribution in [3.05, 3.63) is 33.9 Å². The predicted molar refractivity (Wildman–Crippen MR) is 65.6 cm³/mol. The van der Waals surface area contributed by atoms with E-state index in [0.717, 1.165) is 0 Å². The highest BCUT2D eigenvalue weighted by atomic mass is 16.6. The van der Waals surface area contributed by atoms with Crippen molar-refractivity contribution in [3.8, 4) is 5.75 Å². The number of ether oxygens (including phenoxy) is 1. The van der Waals surface area contributed by atoms with Gasteiger partial charge < -0.3 is 15.8 Å². The van der Waals surface area contributed by atoms with Crippen molar-refractivity contribution in [3.63, 3.8) is 0 Å². The first-order chi connectivity index (χ1) is 8.45. The van der Waals surface area contributed by atoms with Crippen LogP contribution in [0.2, 0.25) is 0 Å². The third-order valence-electron chi connectivity index (χ3n) is 2.23. The number of nitrogens with zero attached hydrogens (tertiary/aromatic N) is 1. The topological polar surface area (TPSA) is 107 Å². The average molecular weight is 253 g/mol. The minimum Gasteiger partial charge on any atom is -0.496 e. The molecule has 7 heteroatoms. The molecule has 7 nitrogen and oxygen atoms in total. The number of amides is 1. The highest BCUT2D eigenvalue weighted by Gasteiger charge is 2.16. The van der Waals surface area contributed by atoms with Crippen LogP contribution in [0.5, 0.6) is 5.75 Å². The van der Waals surface area contributed by atoms with E-state index in [4.69, 9.17) is 10.5 Å². The number of nitro benzene ring substituents is 1. The van der Waals surface area contributed by atoms with Crippen LogP contribution < -0.4 is 15.8 Å². The number of benzene rings is 1. The normalized spacial score (nSPS) is 11.7. The lowest BCUT2D eigenvalue weighted by Gasteiger charge is -2.10. The van der Waals surface area contributed by atoms with Crippen LogP contribution in [0, 0.1) is 10.1 Å². The molecule has 0 fully saturated rings. The van der Waals surface area contributed by atoms with E-state index < -0.39 is 4.92 Å². The van der Waals surface area contributed by atoms with Crippen molar-refractivity contribution in [2.45, 2.75) is 13.0 Å². The van der Waals surface area contributed by atoms with Crippen LogP contribution in [0.15, 0.2) is 18.2 Å². The van der Waals surface area contributed by atoms with Crippen LogP contribution in [0.25, 0.3) is 0 Å². The monoisotopic (exact) mass is 253 g/mol. The van der Waals surface area contributed by atoms with Crippen molar-refractivity contribution >= 4 is 11.6 Å². The average Bonchev–Trinajstić information content (AvgIpc) is 2.34. The van der Waals surface area contributed by atoms with Gasteiger partial charge in [0.25, 0.3) is 11.6 Å². The number of carbonyl (C=O) groups excluding carboxylic acids is 1. The van der Waals surface area contributed by atoms with Gasteiger partial charge in [0.05, 0.1) is 23.7 Å². The molecule has 0 spiro atoms. The maximum absolute atomic E-state index is 11.8. The molecule has 0 saturated carbocycles. The molecule has 0 aliphatic carbocycles. The van der Waals surface area contributed by atoms with E-state index in [0.29, 0.717) is 6.54 Å². The van der Waals surface area contributed by atoms with Crippen LogP contribution in [0.1, 0.15) is 17.3 Å². The first-order valence-electron chi connectivity index (χ1n) is 5.32. The fourth-order valence-corrected chi connectivity index (χ4v) is 1.33. The number of hydrogen-bond acceptors (Lipinski definition) is 5. The summed E-state index contributed by atoms with van der Waals surface area (Å²) in [5.41, 5.74) is 5.63. The molecule has 0 aliphatic heterocycles. The molecule has 1 amide bonds. The summed E-state index contributed by atoms with van der Waals surface area (Å²) in [6, 6.07) is 3.65. The summed E-state index contributed by atoms with van der Waals surface area (Å²) < 4.78 is 4.97. The van der Waals surface area contributed by atoms with E-state index in [1.54, 1.807) is 6.92 Å². The molecule has 1 atom stereocenters. The summed E-state index contributed by atoms with van der Waals surface area (Å²) in [5, 5.41) is 13.2. The van der Waals surface area contributed by atoms with Crippen molar-refractivity contribution in [2.24, 2.45) is 5.73 Å². The zero-order chi connectivity index (χ0) is 13.7. The largest absolute Gasteiger partial charge is 0.496 e. The van der Waals surface area contributed by atoms with E-state index in [9.17, 15) is 14.9 Å². The van der Waals surface area contributed by atoms with Gasteiger partial charge in [-0.15, -0.1) is 0 Å². The van der Waals surface area contributed by atoms with Gasteiger partial charge in [0.15, 0.2) is 0 Å². The quantitative estimate of drug-likeness (QED) is 0.592. The Morgan fingerprint density at radius 2 is 2.28 bits per heavy atom. The second-order valence-corrected chi connectivity index (χ2v) is 3.83. The molecule has 0 radical (unpaired) electrons. The Morgan fingerprint density at radius 3 is 2.78 bits per heavy atom. The number of nitro groups is 1. The van der Waals surface area contributed by atoms with Crippen molar-refractivity contribution < 1.29 is 14.5 Å². The number of carbonyl (C=O) groups is 1. The van der Waals surface area contributed by atoms with E-state index in [1.807, 2.05) is 0 Å². The maximum atomic E-state index is 11.8. The van der Waals surface area contributed by atoms with E-state index in [2.05, 4.69) is 5.32 Å². The number of methoxy groups -OCH3 is 1. The highest BCUT2D eigenvalue weighted by molar-refractivity contribution is 5.97. The maximum Gasteiger partial charge on any atom is 0.273 e. The van der Waals surface area contributed by atoms with Crippen molar-refractivity contribution in [1.29, 1.82) is 0 Å². The van der Waals surface area contributed by atoms with Crippen LogP contribution in [-0.4, -0.2) is 30.5 Å². The Morgan fingerprint density at radius 1 is 1.61 bits per heavy atom. The summed E-state index contributed by atoms with van der Waals surface area (Å²) >= 11 is 0. The van der Waals surface area contributed by atoms with Crippen LogP contribution in [0.3, 0.4) is 0 Å². The minimum absolute atomic E-state index is 0.129. The molecule has 0 aromatic heterocycles. The molecular weight excluding hydrogens is 238 g/mol. The second kappa shape index (κ2) is 5.97. The second-order valence-electron chi connectivity index (χ2n) is 3.83. The highest BCUT2D eigenvalue weighted by Crippen LogP contribution is 2.24. The molecule has 98 valence electrons. The Balaban J connectivity index is 2.95. The third-order valence-corrected chi connectivity index (χ3v) is 2.23. The lowest BCUT2D eigenvalue weighted by molar-refractivity contribution is -0.384. The van der Waals surface area contributed by atoms with Gasteiger partial charge in [-0.1, -0.05) is 0 Å². The Kier molecular flexibility index (Phi) is 4.61.